The van der Waals surface area contributed by atoms with Gasteiger partial charge in [-0.05, 0) is 50.3 Å². The van der Waals surface area contributed by atoms with Gasteiger partial charge < -0.3 is 15.5 Å². The van der Waals surface area contributed by atoms with E-state index in [0.29, 0.717) is 5.56 Å². The van der Waals surface area contributed by atoms with Gasteiger partial charge in [-0.25, -0.2) is 0 Å². The van der Waals surface area contributed by atoms with Crippen LogP contribution in [-0.4, -0.2) is 30.9 Å². The number of para-hydroxylation sites is 1. The standard InChI is InChI=1S/C25H31N3O2/c1-18(19-8-3-2-4-9-19)26-25(30)22-12-5-6-13-23(22)28-16-14-21(15-17-28)27-24(29)20-10-7-11-20/h2-6,8-9,12-13,18,20-21H,7,10-11,14-17H2,1H3,(H,26,30)(H,27,29)/t18-/m1/s1. The van der Waals surface area contributed by atoms with Crippen molar-refractivity contribution in [1.29, 1.82) is 0 Å². The maximum atomic E-state index is 13.0. The van der Waals surface area contributed by atoms with Gasteiger partial charge in [-0.15, -0.1) is 0 Å². The molecule has 1 heterocycles. The van der Waals surface area contributed by atoms with Gasteiger partial charge in [-0.3, -0.25) is 9.59 Å². The van der Waals surface area contributed by atoms with Crippen molar-refractivity contribution in [3.05, 3.63) is 65.7 Å². The van der Waals surface area contributed by atoms with Crippen molar-refractivity contribution in [3.63, 3.8) is 0 Å². The van der Waals surface area contributed by atoms with Gasteiger partial charge in [0.2, 0.25) is 5.91 Å². The van der Waals surface area contributed by atoms with Crippen molar-refractivity contribution in [2.75, 3.05) is 18.0 Å². The number of hydrogen-bond donors (Lipinski definition) is 2. The fourth-order valence-electron chi connectivity index (χ4n) is 4.30. The number of amides is 2. The molecule has 30 heavy (non-hydrogen) atoms. The molecule has 2 aliphatic rings. The molecule has 0 radical (unpaired) electrons. The molecule has 5 nitrogen and oxygen atoms in total. The molecule has 0 unspecified atom stereocenters. The van der Waals surface area contributed by atoms with E-state index in [-0.39, 0.29) is 29.8 Å². The van der Waals surface area contributed by atoms with Crippen molar-refractivity contribution < 1.29 is 9.59 Å². The van der Waals surface area contributed by atoms with Crippen LogP contribution in [0.2, 0.25) is 0 Å². The number of rotatable bonds is 6. The topological polar surface area (TPSA) is 61.4 Å². The number of benzene rings is 2. The summed E-state index contributed by atoms with van der Waals surface area (Å²) in [5.74, 6) is 0.413. The van der Waals surface area contributed by atoms with Gasteiger partial charge in [0, 0.05) is 30.7 Å². The van der Waals surface area contributed by atoms with Crippen LogP contribution < -0.4 is 15.5 Å². The predicted molar refractivity (Wildman–Crippen MR) is 119 cm³/mol. The van der Waals surface area contributed by atoms with Crippen LogP contribution in [-0.2, 0) is 4.79 Å². The Kier molecular flexibility index (Phi) is 6.36. The van der Waals surface area contributed by atoms with E-state index >= 15 is 0 Å². The minimum Gasteiger partial charge on any atom is -0.371 e. The van der Waals surface area contributed by atoms with E-state index in [1.165, 1.54) is 6.42 Å². The molecule has 2 aromatic carbocycles. The zero-order valence-electron chi connectivity index (χ0n) is 17.6. The second kappa shape index (κ2) is 9.33. The summed E-state index contributed by atoms with van der Waals surface area (Å²) in [6.45, 7) is 3.69. The summed E-state index contributed by atoms with van der Waals surface area (Å²) in [5.41, 5.74) is 2.77. The third kappa shape index (κ3) is 4.66. The molecule has 0 aromatic heterocycles. The van der Waals surface area contributed by atoms with Crippen LogP contribution in [0.3, 0.4) is 0 Å². The van der Waals surface area contributed by atoms with E-state index in [1.807, 2.05) is 61.5 Å². The monoisotopic (exact) mass is 405 g/mol. The van der Waals surface area contributed by atoms with Crippen LogP contribution >= 0.6 is 0 Å². The molecule has 2 fully saturated rings. The Labute approximate surface area is 178 Å². The predicted octanol–water partition coefficient (Wildman–Crippen LogP) is 4.06. The summed E-state index contributed by atoms with van der Waals surface area (Å²) < 4.78 is 0. The lowest BCUT2D eigenvalue weighted by atomic mass is 9.84. The summed E-state index contributed by atoms with van der Waals surface area (Å²) in [5, 5.41) is 6.36. The van der Waals surface area contributed by atoms with E-state index in [9.17, 15) is 9.59 Å². The lowest BCUT2D eigenvalue weighted by Crippen LogP contribution is -2.47. The molecule has 1 saturated heterocycles. The molecule has 1 saturated carbocycles. The molecule has 1 aliphatic carbocycles. The summed E-state index contributed by atoms with van der Waals surface area (Å²) in [7, 11) is 0. The molecule has 1 aliphatic heterocycles. The molecule has 2 N–H and O–H groups in total. The number of hydrogen-bond acceptors (Lipinski definition) is 3. The van der Waals surface area contributed by atoms with E-state index in [0.717, 1.165) is 50.0 Å². The minimum atomic E-state index is -0.0563. The van der Waals surface area contributed by atoms with Crippen molar-refractivity contribution in [3.8, 4) is 0 Å². The smallest absolute Gasteiger partial charge is 0.253 e. The van der Waals surface area contributed by atoms with Crippen molar-refractivity contribution >= 4 is 17.5 Å². The number of carbonyl (C=O) groups excluding carboxylic acids is 2. The lowest BCUT2D eigenvalue weighted by molar-refractivity contribution is -0.128. The molecule has 0 bridgehead atoms. The molecule has 158 valence electrons. The number of nitrogens with one attached hydrogen (secondary N) is 2. The van der Waals surface area contributed by atoms with E-state index in [2.05, 4.69) is 15.5 Å². The largest absolute Gasteiger partial charge is 0.371 e. The fourth-order valence-corrected chi connectivity index (χ4v) is 4.30. The third-order valence-electron chi connectivity index (χ3n) is 6.45. The average Bonchev–Trinajstić information content (AvgIpc) is 2.73. The first kappa shape index (κ1) is 20.5. The van der Waals surface area contributed by atoms with Crippen molar-refractivity contribution in [1.82, 2.24) is 10.6 Å². The van der Waals surface area contributed by atoms with Gasteiger partial charge in [0.25, 0.3) is 5.91 Å². The molecule has 4 rings (SSSR count). The molecule has 2 amide bonds. The second-order valence-electron chi connectivity index (χ2n) is 8.52. The number of anilines is 1. The maximum Gasteiger partial charge on any atom is 0.253 e. The summed E-state index contributed by atoms with van der Waals surface area (Å²) >= 11 is 0. The molecule has 5 heteroatoms. The Hall–Kier alpha value is -2.82. The molecule has 1 atom stereocenters. The molecule has 0 spiro atoms. The molecular formula is C25H31N3O2. The number of nitrogens with zero attached hydrogens (tertiary/aromatic N) is 1. The van der Waals surface area contributed by atoms with Crippen LogP contribution in [0.25, 0.3) is 0 Å². The zero-order chi connectivity index (χ0) is 20.9. The summed E-state index contributed by atoms with van der Waals surface area (Å²) in [6.07, 6.45) is 5.07. The normalized spacial score (nSPS) is 18.4. The molecular weight excluding hydrogens is 374 g/mol. The zero-order valence-corrected chi connectivity index (χ0v) is 17.6. The van der Waals surface area contributed by atoms with Gasteiger partial charge in [0.15, 0.2) is 0 Å². The number of piperidine rings is 1. The Bertz CT molecular complexity index is 871. The number of carbonyl (C=O) groups is 2. The highest BCUT2D eigenvalue weighted by Crippen LogP contribution is 2.28. The first-order valence-electron chi connectivity index (χ1n) is 11.1. The van der Waals surface area contributed by atoms with Gasteiger partial charge >= 0.3 is 0 Å². The summed E-state index contributed by atoms with van der Waals surface area (Å²) in [6, 6.07) is 18.0. The van der Waals surface area contributed by atoms with Gasteiger partial charge in [0.05, 0.1) is 11.6 Å². The maximum absolute atomic E-state index is 13.0. The summed E-state index contributed by atoms with van der Waals surface area (Å²) in [4.78, 5) is 27.5. The van der Waals surface area contributed by atoms with Crippen LogP contribution in [0.4, 0.5) is 5.69 Å². The minimum absolute atomic E-state index is 0.0534. The van der Waals surface area contributed by atoms with E-state index in [1.54, 1.807) is 0 Å². The van der Waals surface area contributed by atoms with Gasteiger partial charge in [-0.1, -0.05) is 48.9 Å². The van der Waals surface area contributed by atoms with Gasteiger partial charge in [0.1, 0.15) is 0 Å². The first-order chi connectivity index (χ1) is 14.6. The van der Waals surface area contributed by atoms with Crippen molar-refractivity contribution in [2.24, 2.45) is 5.92 Å². The van der Waals surface area contributed by atoms with E-state index < -0.39 is 0 Å². The Morgan fingerprint density at radius 1 is 0.933 bits per heavy atom. The van der Waals surface area contributed by atoms with Gasteiger partial charge in [-0.2, -0.15) is 0 Å². The highest BCUT2D eigenvalue weighted by atomic mass is 16.2. The lowest BCUT2D eigenvalue weighted by Gasteiger charge is -2.36. The Balaban J connectivity index is 1.37. The van der Waals surface area contributed by atoms with Crippen LogP contribution in [0, 0.1) is 5.92 Å². The SMILES string of the molecule is C[C@@H](NC(=O)c1ccccc1N1CCC(NC(=O)C2CCC2)CC1)c1ccccc1. The highest BCUT2D eigenvalue weighted by Gasteiger charge is 2.29. The van der Waals surface area contributed by atoms with Crippen LogP contribution in [0.15, 0.2) is 54.6 Å². The van der Waals surface area contributed by atoms with Crippen LogP contribution in [0.5, 0.6) is 0 Å². The third-order valence-corrected chi connectivity index (χ3v) is 6.45. The quantitative estimate of drug-likeness (QED) is 0.762. The van der Waals surface area contributed by atoms with Crippen LogP contribution in [0.1, 0.15) is 61.0 Å². The fraction of sp³-hybridized carbons (Fsp3) is 0.440. The van der Waals surface area contributed by atoms with Crippen molar-refractivity contribution in [2.45, 2.75) is 51.1 Å². The highest BCUT2D eigenvalue weighted by molar-refractivity contribution is 6.00. The molecule has 2 aromatic rings. The second-order valence-corrected chi connectivity index (χ2v) is 8.52. The Morgan fingerprint density at radius 2 is 1.60 bits per heavy atom. The average molecular weight is 406 g/mol. The van der Waals surface area contributed by atoms with E-state index in [4.69, 9.17) is 0 Å². The first-order valence-corrected chi connectivity index (χ1v) is 11.1. The Morgan fingerprint density at radius 3 is 2.27 bits per heavy atom.